The lowest BCUT2D eigenvalue weighted by atomic mass is 10.1. The van der Waals surface area contributed by atoms with E-state index in [0.717, 1.165) is 23.4 Å². The van der Waals surface area contributed by atoms with Crippen LogP contribution < -0.4 is 5.73 Å². The predicted molar refractivity (Wildman–Crippen MR) is 84.6 cm³/mol. The molecule has 0 aliphatic carbocycles. The van der Waals surface area contributed by atoms with Gasteiger partial charge in [0, 0.05) is 23.8 Å². The van der Waals surface area contributed by atoms with E-state index in [1.807, 2.05) is 12.1 Å². The molecule has 1 saturated heterocycles. The van der Waals surface area contributed by atoms with Gasteiger partial charge in [-0.25, -0.2) is 9.97 Å². The molecule has 1 aliphatic heterocycles. The van der Waals surface area contributed by atoms with E-state index in [-0.39, 0.29) is 6.10 Å². The number of anilines is 1. The molecule has 2 heterocycles. The Kier molecular flexibility index (Phi) is 4.48. The molecule has 0 saturated carbocycles. The Morgan fingerprint density at radius 1 is 1.38 bits per heavy atom. The number of ether oxygens (including phenoxy) is 1. The molecule has 0 amide bonds. The van der Waals surface area contributed by atoms with Crippen LogP contribution in [0.1, 0.15) is 17.5 Å². The second-order valence-corrected chi connectivity index (χ2v) is 5.96. The summed E-state index contributed by atoms with van der Waals surface area (Å²) in [6, 6.07) is 9.95. The monoisotopic (exact) mass is 348 g/mol. The van der Waals surface area contributed by atoms with Crippen LogP contribution in [0.15, 0.2) is 41.0 Å². The molecule has 3 rings (SSSR count). The summed E-state index contributed by atoms with van der Waals surface area (Å²) in [6.45, 7) is 3.11. The van der Waals surface area contributed by atoms with E-state index in [2.05, 4.69) is 42.9 Å². The largest absolute Gasteiger partial charge is 0.384 e. The summed E-state index contributed by atoms with van der Waals surface area (Å²) in [5, 5.41) is 0. The Labute approximate surface area is 132 Å². The number of benzene rings is 1. The number of morpholine rings is 1. The second-order valence-electron chi connectivity index (χ2n) is 5.05. The van der Waals surface area contributed by atoms with Crippen molar-refractivity contribution in [2.75, 3.05) is 25.4 Å². The molecule has 21 heavy (non-hydrogen) atoms. The Balaban J connectivity index is 1.68. The minimum atomic E-state index is 0.0808. The molecule has 1 atom stereocenters. The SMILES string of the molecule is Nc1ccnc(CN2CCO[C@H](c3cccc(Br)c3)C2)n1. The molecule has 0 radical (unpaired) electrons. The maximum absolute atomic E-state index is 5.88. The van der Waals surface area contributed by atoms with Gasteiger partial charge in [0.1, 0.15) is 11.6 Å². The maximum Gasteiger partial charge on any atom is 0.144 e. The highest BCUT2D eigenvalue weighted by molar-refractivity contribution is 9.10. The summed E-state index contributed by atoms with van der Waals surface area (Å²) >= 11 is 3.50. The standard InChI is InChI=1S/C15H17BrN4O/c16-12-3-1-2-11(8-12)13-9-20(6-7-21-13)10-15-18-5-4-14(17)19-15/h1-5,8,13H,6-7,9-10H2,(H2,17,18,19)/t13-/m0/s1. The molecule has 1 aromatic carbocycles. The van der Waals surface area contributed by atoms with Crippen molar-refractivity contribution in [3.8, 4) is 0 Å². The highest BCUT2D eigenvalue weighted by atomic mass is 79.9. The first kappa shape index (κ1) is 14.4. The summed E-state index contributed by atoms with van der Waals surface area (Å²) in [6.07, 6.45) is 1.78. The molecule has 2 N–H and O–H groups in total. The summed E-state index contributed by atoms with van der Waals surface area (Å²) in [4.78, 5) is 10.8. The second kappa shape index (κ2) is 6.51. The van der Waals surface area contributed by atoms with Gasteiger partial charge in [-0.15, -0.1) is 0 Å². The fourth-order valence-electron chi connectivity index (χ4n) is 2.45. The van der Waals surface area contributed by atoms with E-state index in [4.69, 9.17) is 10.5 Å². The zero-order chi connectivity index (χ0) is 14.7. The van der Waals surface area contributed by atoms with Crippen molar-refractivity contribution in [3.05, 3.63) is 52.4 Å². The average Bonchev–Trinajstić information content (AvgIpc) is 2.47. The van der Waals surface area contributed by atoms with Gasteiger partial charge in [0.25, 0.3) is 0 Å². The van der Waals surface area contributed by atoms with Crippen molar-refractivity contribution in [1.29, 1.82) is 0 Å². The third-order valence-electron chi connectivity index (χ3n) is 3.46. The molecule has 1 fully saturated rings. The van der Waals surface area contributed by atoms with Gasteiger partial charge in [0.15, 0.2) is 0 Å². The van der Waals surface area contributed by atoms with Gasteiger partial charge < -0.3 is 10.5 Å². The smallest absolute Gasteiger partial charge is 0.144 e. The third-order valence-corrected chi connectivity index (χ3v) is 3.96. The Hall–Kier alpha value is -1.50. The first-order chi connectivity index (χ1) is 10.2. The van der Waals surface area contributed by atoms with E-state index in [0.29, 0.717) is 19.0 Å². The molecule has 110 valence electrons. The zero-order valence-electron chi connectivity index (χ0n) is 11.6. The fraction of sp³-hybridized carbons (Fsp3) is 0.333. The average molecular weight is 349 g/mol. The van der Waals surface area contributed by atoms with E-state index < -0.39 is 0 Å². The number of hydrogen-bond acceptors (Lipinski definition) is 5. The number of aromatic nitrogens is 2. The Morgan fingerprint density at radius 3 is 3.10 bits per heavy atom. The van der Waals surface area contributed by atoms with E-state index in [9.17, 15) is 0 Å². The van der Waals surface area contributed by atoms with Crippen LogP contribution in [-0.2, 0) is 11.3 Å². The molecule has 5 nitrogen and oxygen atoms in total. The first-order valence-electron chi connectivity index (χ1n) is 6.87. The van der Waals surface area contributed by atoms with Crippen molar-refractivity contribution >= 4 is 21.7 Å². The summed E-state index contributed by atoms with van der Waals surface area (Å²) in [7, 11) is 0. The van der Waals surface area contributed by atoms with Crippen LogP contribution in [0.3, 0.4) is 0 Å². The molecular formula is C15H17BrN4O. The normalized spacial score (nSPS) is 19.6. The number of rotatable bonds is 3. The minimum absolute atomic E-state index is 0.0808. The van der Waals surface area contributed by atoms with Gasteiger partial charge in [-0.1, -0.05) is 28.1 Å². The van der Waals surface area contributed by atoms with Crippen LogP contribution in [0.5, 0.6) is 0 Å². The lowest BCUT2D eigenvalue weighted by Gasteiger charge is -2.32. The topological polar surface area (TPSA) is 64.3 Å². The van der Waals surface area contributed by atoms with Crippen LogP contribution in [0.2, 0.25) is 0 Å². The van der Waals surface area contributed by atoms with Gasteiger partial charge in [-0.2, -0.15) is 0 Å². The molecule has 1 aliphatic rings. The van der Waals surface area contributed by atoms with Crippen molar-refractivity contribution < 1.29 is 4.74 Å². The van der Waals surface area contributed by atoms with Crippen molar-refractivity contribution in [1.82, 2.24) is 14.9 Å². The van der Waals surface area contributed by atoms with Crippen LogP contribution in [0.4, 0.5) is 5.82 Å². The van der Waals surface area contributed by atoms with Crippen LogP contribution >= 0.6 is 15.9 Å². The molecule has 1 aromatic heterocycles. The van der Waals surface area contributed by atoms with Gasteiger partial charge in [0.2, 0.25) is 0 Å². The number of nitrogens with two attached hydrogens (primary N) is 1. The number of nitrogen functional groups attached to an aromatic ring is 1. The molecule has 0 spiro atoms. The molecule has 0 unspecified atom stereocenters. The predicted octanol–water partition coefficient (Wildman–Crippen LogP) is 2.39. The first-order valence-corrected chi connectivity index (χ1v) is 7.67. The summed E-state index contributed by atoms with van der Waals surface area (Å²) in [5.41, 5.74) is 6.88. The lowest BCUT2D eigenvalue weighted by Crippen LogP contribution is -2.38. The fourth-order valence-corrected chi connectivity index (χ4v) is 2.86. The van der Waals surface area contributed by atoms with Crippen molar-refractivity contribution in [2.24, 2.45) is 0 Å². The van der Waals surface area contributed by atoms with E-state index >= 15 is 0 Å². The van der Waals surface area contributed by atoms with Crippen molar-refractivity contribution in [3.63, 3.8) is 0 Å². The quantitative estimate of drug-likeness (QED) is 0.922. The molecule has 0 bridgehead atoms. The summed E-state index contributed by atoms with van der Waals surface area (Å²) < 4.78 is 6.95. The Bertz CT molecular complexity index is 622. The molecule has 6 heteroatoms. The van der Waals surface area contributed by atoms with Crippen LogP contribution in [0.25, 0.3) is 0 Å². The van der Waals surface area contributed by atoms with Gasteiger partial charge in [-0.05, 0) is 23.8 Å². The van der Waals surface area contributed by atoms with Crippen LogP contribution in [-0.4, -0.2) is 34.6 Å². The third kappa shape index (κ3) is 3.78. The maximum atomic E-state index is 5.88. The Morgan fingerprint density at radius 2 is 2.29 bits per heavy atom. The molecular weight excluding hydrogens is 332 g/mol. The lowest BCUT2D eigenvalue weighted by molar-refractivity contribution is -0.0336. The number of hydrogen-bond donors (Lipinski definition) is 1. The summed E-state index contributed by atoms with van der Waals surface area (Å²) in [5.74, 6) is 1.27. The highest BCUT2D eigenvalue weighted by Gasteiger charge is 2.22. The highest BCUT2D eigenvalue weighted by Crippen LogP contribution is 2.25. The molecule has 2 aromatic rings. The zero-order valence-corrected chi connectivity index (χ0v) is 13.2. The van der Waals surface area contributed by atoms with E-state index in [1.165, 1.54) is 5.56 Å². The van der Waals surface area contributed by atoms with Crippen LogP contribution in [0, 0.1) is 0 Å². The van der Waals surface area contributed by atoms with Crippen molar-refractivity contribution in [2.45, 2.75) is 12.6 Å². The number of nitrogens with zero attached hydrogens (tertiary/aromatic N) is 3. The number of halogens is 1. The van der Waals surface area contributed by atoms with E-state index in [1.54, 1.807) is 12.3 Å². The minimum Gasteiger partial charge on any atom is -0.384 e. The van der Waals surface area contributed by atoms with Gasteiger partial charge >= 0.3 is 0 Å². The van der Waals surface area contributed by atoms with Gasteiger partial charge in [-0.3, -0.25) is 4.90 Å². The van der Waals surface area contributed by atoms with Gasteiger partial charge in [0.05, 0.1) is 19.3 Å².